The fourth-order valence-corrected chi connectivity index (χ4v) is 1.64. The Kier molecular flexibility index (Phi) is 2.08. The van der Waals surface area contributed by atoms with Crippen molar-refractivity contribution >= 4 is 12.1 Å². The average molecular weight is 167 g/mol. The van der Waals surface area contributed by atoms with Crippen LogP contribution in [0.4, 0.5) is 0 Å². The van der Waals surface area contributed by atoms with Gasteiger partial charge >= 0.3 is 0 Å². The number of hydrogen-bond acceptors (Lipinski definition) is 3. The van der Waals surface area contributed by atoms with Crippen molar-refractivity contribution in [2.45, 2.75) is 25.7 Å². The lowest BCUT2D eigenvalue weighted by Crippen LogP contribution is -2.43. The van der Waals surface area contributed by atoms with E-state index in [0.29, 0.717) is 6.42 Å². The van der Waals surface area contributed by atoms with Gasteiger partial charge in [0, 0.05) is 19.3 Å². The summed E-state index contributed by atoms with van der Waals surface area (Å²) in [6.45, 7) is 1.95. The molecule has 2 rings (SSSR count). The minimum absolute atomic E-state index is 0.108. The van der Waals surface area contributed by atoms with E-state index in [1.165, 1.54) is 24.4 Å². The molecule has 0 atom stereocenters. The van der Waals surface area contributed by atoms with Gasteiger partial charge in [0.1, 0.15) is 0 Å². The Hall–Kier alpha value is -0.900. The van der Waals surface area contributed by atoms with Crippen molar-refractivity contribution in [3.8, 4) is 0 Å². The lowest BCUT2D eigenvalue weighted by Gasteiger charge is -2.31. The highest BCUT2D eigenvalue weighted by Crippen LogP contribution is 2.14. The van der Waals surface area contributed by atoms with Crippen LogP contribution in [0.5, 0.6) is 0 Å². The van der Waals surface area contributed by atoms with Crippen LogP contribution in [0, 0.1) is 0 Å². The van der Waals surface area contributed by atoms with Crippen molar-refractivity contribution in [1.29, 1.82) is 0 Å². The molecule has 0 saturated carbocycles. The number of hydrazine groups is 1. The molecule has 0 bridgehead atoms. The van der Waals surface area contributed by atoms with Crippen LogP contribution in [-0.4, -0.2) is 35.3 Å². The molecule has 4 heteroatoms. The van der Waals surface area contributed by atoms with Gasteiger partial charge < -0.3 is 0 Å². The normalized spacial score (nSPS) is 25.3. The highest BCUT2D eigenvalue weighted by Gasteiger charge is 2.24. The predicted molar refractivity (Wildman–Crippen MR) is 45.4 cm³/mol. The molecular weight excluding hydrogens is 154 g/mol. The Morgan fingerprint density at radius 2 is 2.00 bits per heavy atom. The second-order valence-electron chi connectivity index (χ2n) is 3.20. The van der Waals surface area contributed by atoms with Crippen LogP contribution in [-0.2, 0) is 4.79 Å². The first kappa shape index (κ1) is 7.73. The average Bonchev–Trinajstić information content (AvgIpc) is 2.53. The third-order valence-electron chi connectivity index (χ3n) is 2.28. The maximum Gasteiger partial charge on any atom is 0.263 e. The van der Waals surface area contributed by atoms with Crippen molar-refractivity contribution in [2.24, 2.45) is 5.10 Å². The molecular formula is C8H13N3O. The van der Waals surface area contributed by atoms with Gasteiger partial charge in [0.2, 0.25) is 0 Å². The molecule has 0 N–H and O–H groups in total. The molecule has 0 spiro atoms. The summed E-state index contributed by atoms with van der Waals surface area (Å²) < 4.78 is 0. The second kappa shape index (κ2) is 3.23. The first-order chi connectivity index (χ1) is 5.88. The fraction of sp³-hybridized carbons (Fsp3) is 0.750. The molecule has 12 heavy (non-hydrogen) atoms. The van der Waals surface area contributed by atoms with Gasteiger partial charge in [-0.05, 0) is 12.8 Å². The molecule has 1 saturated heterocycles. The SMILES string of the molecule is O=C1CC=NN1N1CCCCC1. The number of piperidine rings is 1. The third-order valence-corrected chi connectivity index (χ3v) is 2.28. The lowest BCUT2D eigenvalue weighted by atomic mass is 10.2. The molecule has 1 amide bonds. The Balaban J connectivity index is 1.97. The van der Waals surface area contributed by atoms with Gasteiger partial charge in [0.25, 0.3) is 5.91 Å². The van der Waals surface area contributed by atoms with E-state index in [-0.39, 0.29) is 5.91 Å². The summed E-state index contributed by atoms with van der Waals surface area (Å²) >= 11 is 0. The number of carbonyl (C=O) groups is 1. The minimum Gasteiger partial charge on any atom is -0.271 e. The van der Waals surface area contributed by atoms with Crippen LogP contribution in [0.1, 0.15) is 25.7 Å². The largest absolute Gasteiger partial charge is 0.271 e. The van der Waals surface area contributed by atoms with Crippen molar-refractivity contribution < 1.29 is 4.79 Å². The van der Waals surface area contributed by atoms with Crippen LogP contribution in [0.15, 0.2) is 5.10 Å². The Morgan fingerprint density at radius 3 is 2.58 bits per heavy atom. The highest BCUT2D eigenvalue weighted by molar-refractivity contribution is 5.93. The number of hydrazone groups is 1. The van der Waals surface area contributed by atoms with Gasteiger partial charge in [-0.2, -0.15) is 15.2 Å². The van der Waals surface area contributed by atoms with Crippen molar-refractivity contribution in [3.05, 3.63) is 0 Å². The Morgan fingerprint density at radius 1 is 1.25 bits per heavy atom. The van der Waals surface area contributed by atoms with E-state index in [1.807, 2.05) is 5.01 Å². The highest BCUT2D eigenvalue weighted by atomic mass is 16.2. The van der Waals surface area contributed by atoms with E-state index in [1.54, 1.807) is 6.21 Å². The summed E-state index contributed by atoms with van der Waals surface area (Å²) in [5, 5.41) is 7.59. The van der Waals surface area contributed by atoms with Gasteiger partial charge in [-0.1, -0.05) is 6.42 Å². The fourth-order valence-electron chi connectivity index (χ4n) is 1.64. The standard InChI is InChI=1S/C8H13N3O/c12-8-4-5-9-11(8)10-6-2-1-3-7-10/h5H,1-4,6-7H2. The number of nitrogens with zero attached hydrogens (tertiary/aromatic N) is 3. The first-order valence-corrected chi connectivity index (χ1v) is 4.48. The molecule has 1 fully saturated rings. The van der Waals surface area contributed by atoms with E-state index in [9.17, 15) is 4.79 Å². The minimum atomic E-state index is 0.108. The van der Waals surface area contributed by atoms with Gasteiger partial charge in [0.15, 0.2) is 0 Å². The van der Waals surface area contributed by atoms with Crippen LogP contribution in [0.3, 0.4) is 0 Å². The molecule has 0 aromatic carbocycles. The van der Waals surface area contributed by atoms with Crippen LogP contribution < -0.4 is 0 Å². The topological polar surface area (TPSA) is 35.9 Å². The second-order valence-corrected chi connectivity index (χ2v) is 3.20. The van der Waals surface area contributed by atoms with Crippen molar-refractivity contribution in [1.82, 2.24) is 10.1 Å². The van der Waals surface area contributed by atoms with Crippen LogP contribution in [0.2, 0.25) is 0 Å². The summed E-state index contributed by atoms with van der Waals surface area (Å²) in [6, 6.07) is 0. The number of rotatable bonds is 1. The molecule has 0 aromatic heterocycles. The lowest BCUT2D eigenvalue weighted by molar-refractivity contribution is -0.147. The molecule has 0 unspecified atom stereocenters. The van der Waals surface area contributed by atoms with Crippen molar-refractivity contribution in [2.75, 3.05) is 13.1 Å². The van der Waals surface area contributed by atoms with E-state index in [2.05, 4.69) is 5.10 Å². The number of amides is 1. The number of hydrogen-bond donors (Lipinski definition) is 0. The van der Waals surface area contributed by atoms with Crippen molar-refractivity contribution in [3.63, 3.8) is 0 Å². The van der Waals surface area contributed by atoms with Crippen LogP contribution >= 0.6 is 0 Å². The van der Waals surface area contributed by atoms with E-state index >= 15 is 0 Å². The Labute approximate surface area is 71.8 Å². The zero-order valence-electron chi connectivity index (χ0n) is 7.07. The summed E-state index contributed by atoms with van der Waals surface area (Å²) in [6.07, 6.45) is 5.79. The summed E-state index contributed by atoms with van der Waals surface area (Å²) in [4.78, 5) is 11.2. The zero-order valence-corrected chi connectivity index (χ0v) is 7.07. The molecule has 0 aliphatic carbocycles. The monoisotopic (exact) mass is 167 g/mol. The van der Waals surface area contributed by atoms with Gasteiger partial charge in [-0.25, -0.2) is 0 Å². The number of carbonyl (C=O) groups excluding carboxylic acids is 1. The molecule has 2 aliphatic heterocycles. The predicted octanol–water partition coefficient (Wildman–Crippen LogP) is 0.605. The Bertz CT molecular complexity index is 208. The zero-order chi connectivity index (χ0) is 8.39. The molecule has 0 aromatic rings. The van der Waals surface area contributed by atoms with Crippen LogP contribution in [0.25, 0.3) is 0 Å². The molecule has 4 nitrogen and oxygen atoms in total. The smallest absolute Gasteiger partial charge is 0.263 e. The van der Waals surface area contributed by atoms with E-state index < -0.39 is 0 Å². The van der Waals surface area contributed by atoms with Gasteiger partial charge in [0.05, 0.1) is 6.42 Å². The summed E-state index contributed by atoms with van der Waals surface area (Å²) in [5.41, 5.74) is 0. The maximum atomic E-state index is 11.2. The van der Waals surface area contributed by atoms with E-state index in [0.717, 1.165) is 13.1 Å². The molecule has 66 valence electrons. The summed E-state index contributed by atoms with van der Waals surface area (Å²) in [7, 11) is 0. The summed E-state index contributed by atoms with van der Waals surface area (Å²) in [5.74, 6) is 0.108. The molecule has 2 aliphatic rings. The third kappa shape index (κ3) is 1.34. The molecule has 2 heterocycles. The van der Waals surface area contributed by atoms with Gasteiger partial charge in [-0.3, -0.25) is 4.79 Å². The van der Waals surface area contributed by atoms with E-state index in [4.69, 9.17) is 0 Å². The maximum absolute atomic E-state index is 11.2. The first-order valence-electron chi connectivity index (χ1n) is 4.48. The van der Waals surface area contributed by atoms with Gasteiger partial charge in [-0.15, -0.1) is 0 Å². The quantitative estimate of drug-likeness (QED) is 0.573. The molecule has 0 radical (unpaired) electrons.